The van der Waals surface area contributed by atoms with Crippen LogP contribution in [-0.4, -0.2) is 36.5 Å². The number of halogens is 2. The first-order chi connectivity index (χ1) is 14.4. The van der Waals surface area contributed by atoms with Crippen LogP contribution in [0.4, 0.5) is 5.69 Å². The van der Waals surface area contributed by atoms with Crippen molar-refractivity contribution in [3.63, 3.8) is 0 Å². The molecule has 0 aromatic heterocycles. The summed E-state index contributed by atoms with van der Waals surface area (Å²) in [6, 6.07) is 11.8. The number of piperidine rings is 1. The molecule has 2 aromatic carbocycles. The minimum absolute atomic E-state index is 0.0529. The fourth-order valence-corrected chi connectivity index (χ4v) is 4.60. The first-order valence-corrected chi connectivity index (χ1v) is 11.1. The first kappa shape index (κ1) is 21.2. The van der Waals surface area contributed by atoms with E-state index in [0.717, 1.165) is 49.5 Å². The summed E-state index contributed by atoms with van der Waals surface area (Å²) >= 11 is 12.0. The molecule has 2 aromatic rings. The highest BCUT2D eigenvalue weighted by atomic mass is 35.5. The number of hydrogen-bond acceptors (Lipinski definition) is 3. The smallest absolute Gasteiger partial charge is 0.248 e. The quantitative estimate of drug-likeness (QED) is 0.607. The van der Waals surface area contributed by atoms with E-state index in [-0.39, 0.29) is 11.3 Å². The Labute approximate surface area is 187 Å². The van der Waals surface area contributed by atoms with E-state index < -0.39 is 0 Å². The number of hydrogen-bond donors (Lipinski definition) is 1. The van der Waals surface area contributed by atoms with Crippen LogP contribution >= 0.6 is 23.2 Å². The molecule has 1 saturated heterocycles. The summed E-state index contributed by atoms with van der Waals surface area (Å²) in [5, 5.41) is 3.92. The van der Waals surface area contributed by atoms with Gasteiger partial charge in [0.15, 0.2) is 0 Å². The van der Waals surface area contributed by atoms with Gasteiger partial charge in [0.1, 0.15) is 5.75 Å². The van der Waals surface area contributed by atoms with E-state index in [0.29, 0.717) is 16.1 Å². The molecule has 1 spiro atoms. The minimum Gasteiger partial charge on any atom is -0.492 e. The summed E-state index contributed by atoms with van der Waals surface area (Å²) in [5.41, 5.74) is 2.88. The van der Waals surface area contributed by atoms with Gasteiger partial charge in [-0.05, 0) is 81.7 Å². The molecule has 30 heavy (non-hydrogen) atoms. The van der Waals surface area contributed by atoms with Gasteiger partial charge < -0.3 is 15.0 Å². The van der Waals surface area contributed by atoms with Gasteiger partial charge in [-0.2, -0.15) is 0 Å². The fourth-order valence-electron chi connectivity index (χ4n) is 4.30. The van der Waals surface area contributed by atoms with Crippen molar-refractivity contribution < 1.29 is 9.53 Å². The molecule has 1 amide bonds. The van der Waals surface area contributed by atoms with Gasteiger partial charge in [0.25, 0.3) is 0 Å². The number of fused-ring (bicyclic) bond motifs is 2. The number of nitrogens with one attached hydrogen (secondary N) is 1. The number of likely N-dealkylation sites (tertiary alicyclic amines) is 1. The summed E-state index contributed by atoms with van der Waals surface area (Å²) < 4.78 is 6.01. The topological polar surface area (TPSA) is 41.6 Å². The molecule has 0 bridgehead atoms. The van der Waals surface area contributed by atoms with Gasteiger partial charge in [-0.25, -0.2) is 0 Å². The van der Waals surface area contributed by atoms with Crippen LogP contribution in [0.25, 0.3) is 6.08 Å². The molecule has 2 aliphatic heterocycles. The van der Waals surface area contributed by atoms with Crippen LogP contribution in [0.1, 0.15) is 37.8 Å². The second kappa shape index (κ2) is 8.62. The third-order valence-corrected chi connectivity index (χ3v) is 6.92. The van der Waals surface area contributed by atoms with E-state index in [2.05, 4.69) is 30.1 Å². The minimum atomic E-state index is -0.191. The number of benzene rings is 2. The van der Waals surface area contributed by atoms with Gasteiger partial charge in [-0.15, -0.1) is 0 Å². The number of nitrogens with zero attached hydrogens (tertiary/aromatic N) is 1. The van der Waals surface area contributed by atoms with Crippen molar-refractivity contribution in [3.8, 4) is 5.75 Å². The van der Waals surface area contributed by atoms with E-state index in [4.69, 9.17) is 27.9 Å². The molecule has 0 radical (unpaired) electrons. The van der Waals surface area contributed by atoms with E-state index in [1.54, 1.807) is 18.2 Å². The second-order valence-corrected chi connectivity index (χ2v) is 9.22. The zero-order valence-electron chi connectivity index (χ0n) is 17.3. The Hall–Kier alpha value is -2.01. The van der Waals surface area contributed by atoms with Crippen molar-refractivity contribution in [2.75, 3.05) is 25.0 Å². The van der Waals surface area contributed by atoms with Gasteiger partial charge in [0.05, 0.1) is 16.7 Å². The lowest BCUT2D eigenvalue weighted by molar-refractivity contribution is -0.111. The highest BCUT2D eigenvalue weighted by Gasteiger charge is 2.43. The van der Waals surface area contributed by atoms with E-state index in [1.807, 2.05) is 18.2 Å². The average Bonchev–Trinajstić information content (AvgIpc) is 3.07. The number of anilines is 1. The van der Waals surface area contributed by atoms with Crippen LogP contribution in [0.5, 0.6) is 5.75 Å². The van der Waals surface area contributed by atoms with Crippen LogP contribution in [0.2, 0.25) is 10.0 Å². The molecule has 1 N–H and O–H groups in total. The fraction of sp³-hybridized carbons (Fsp3) is 0.375. The van der Waals surface area contributed by atoms with Crippen molar-refractivity contribution in [3.05, 3.63) is 63.6 Å². The Bertz CT molecular complexity index is 979. The molecular formula is C24H26Cl2N2O2. The Morgan fingerprint density at radius 1 is 1.13 bits per heavy atom. The number of carbonyl (C=O) groups excluding carboxylic acids is 1. The SMILES string of the molecule is CC(C)N1CCC2(CC1)COc1ccc(NC(=O)C=Cc3ccc(Cl)c(Cl)c3)cc12. The maximum Gasteiger partial charge on any atom is 0.248 e. The van der Waals surface area contributed by atoms with Gasteiger partial charge in [-0.1, -0.05) is 29.3 Å². The Balaban J connectivity index is 1.46. The lowest BCUT2D eigenvalue weighted by Crippen LogP contribution is -2.46. The molecule has 4 rings (SSSR count). The third kappa shape index (κ3) is 4.36. The molecule has 2 heterocycles. The zero-order valence-corrected chi connectivity index (χ0v) is 18.8. The molecular weight excluding hydrogens is 419 g/mol. The van der Waals surface area contributed by atoms with Crippen molar-refractivity contribution in [2.24, 2.45) is 0 Å². The van der Waals surface area contributed by atoms with E-state index >= 15 is 0 Å². The largest absolute Gasteiger partial charge is 0.492 e. The van der Waals surface area contributed by atoms with E-state index in [1.165, 1.54) is 11.6 Å². The summed E-state index contributed by atoms with van der Waals surface area (Å²) in [7, 11) is 0. The monoisotopic (exact) mass is 444 g/mol. The average molecular weight is 445 g/mol. The maximum atomic E-state index is 12.4. The number of ether oxygens (including phenoxy) is 1. The van der Waals surface area contributed by atoms with Crippen molar-refractivity contribution in [1.82, 2.24) is 4.90 Å². The van der Waals surface area contributed by atoms with Crippen LogP contribution in [0.3, 0.4) is 0 Å². The number of carbonyl (C=O) groups is 1. The molecule has 1 fully saturated rings. The highest BCUT2D eigenvalue weighted by Crippen LogP contribution is 2.46. The summed E-state index contributed by atoms with van der Waals surface area (Å²) in [4.78, 5) is 14.9. The Morgan fingerprint density at radius 2 is 1.90 bits per heavy atom. The van der Waals surface area contributed by atoms with Crippen LogP contribution in [0.15, 0.2) is 42.5 Å². The molecule has 4 nitrogen and oxygen atoms in total. The number of amides is 1. The summed E-state index contributed by atoms with van der Waals surface area (Å²) in [5.74, 6) is 0.751. The van der Waals surface area contributed by atoms with Crippen molar-refractivity contribution >= 4 is 40.9 Å². The number of rotatable bonds is 4. The molecule has 0 aliphatic carbocycles. The Kier molecular flexibility index (Phi) is 6.10. The Morgan fingerprint density at radius 3 is 2.60 bits per heavy atom. The summed E-state index contributed by atoms with van der Waals surface area (Å²) in [6.07, 6.45) is 5.37. The lowest BCUT2D eigenvalue weighted by Gasteiger charge is -2.40. The molecule has 158 valence electrons. The van der Waals surface area contributed by atoms with Gasteiger partial charge in [0, 0.05) is 28.8 Å². The predicted octanol–water partition coefficient (Wildman–Crippen LogP) is 5.78. The standard InChI is InChI=1S/C24H26Cl2N2O2/c1-16(2)28-11-9-24(10-12-28)15-30-22-7-5-18(14-19(22)24)27-23(29)8-4-17-3-6-20(25)21(26)13-17/h3-8,13-14,16H,9-12,15H2,1-2H3,(H,27,29). The van der Waals surface area contributed by atoms with Crippen LogP contribution in [-0.2, 0) is 10.2 Å². The normalized spacial score (nSPS) is 18.0. The van der Waals surface area contributed by atoms with Gasteiger partial charge in [-0.3, -0.25) is 4.79 Å². The molecule has 0 saturated carbocycles. The molecule has 0 atom stereocenters. The third-order valence-electron chi connectivity index (χ3n) is 6.18. The second-order valence-electron chi connectivity index (χ2n) is 8.41. The van der Waals surface area contributed by atoms with Gasteiger partial charge >= 0.3 is 0 Å². The molecule has 0 unspecified atom stereocenters. The maximum absolute atomic E-state index is 12.4. The van der Waals surface area contributed by atoms with Crippen molar-refractivity contribution in [1.29, 1.82) is 0 Å². The predicted molar refractivity (Wildman–Crippen MR) is 124 cm³/mol. The van der Waals surface area contributed by atoms with Gasteiger partial charge in [0.2, 0.25) is 5.91 Å². The van der Waals surface area contributed by atoms with Crippen LogP contribution < -0.4 is 10.1 Å². The van der Waals surface area contributed by atoms with E-state index in [9.17, 15) is 4.79 Å². The molecule has 2 aliphatic rings. The van der Waals surface area contributed by atoms with Crippen molar-refractivity contribution in [2.45, 2.75) is 38.1 Å². The lowest BCUT2D eigenvalue weighted by atomic mass is 9.74. The first-order valence-electron chi connectivity index (χ1n) is 10.3. The zero-order chi connectivity index (χ0) is 21.3. The van der Waals surface area contributed by atoms with Crippen LogP contribution in [0, 0.1) is 0 Å². The summed E-state index contributed by atoms with van der Waals surface area (Å²) in [6.45, 7) is 7.36. The highest BCUT2D eigenvalue weighted by molar-refractivity contribution is 6.42. The molecule has 6 heteroatoms.